The predicted molar refractivity (Wildman–Crippen MR) is 52.3 cm³/mol. The van der Waals surface area contributed by atoms with Gasteiger partial charge in [0.25, 0.3) is 0 Å². The fourth-order valence-corrected chi connectivity index (χ4v) is 1.62. The quantitative estimate of drug-likeness (QED) is 0.635. The third kappa shape index (κ3) is 1.63. The zero-order valence-electron chi connectivity index (χ0n) is 8.20. The van der Waals surface area contributed by atoms with Gasteiger partial charge in [-0.2, -0.15) is 0 Å². The summed E-state index contributed by atoms with van der Waals surface area (Å²) < 4.78 is 0. The molecule has 0 aromatic heterocycles. The molecule has 0 aliphatic carbocycles. The molecule has 0 saturated heterocycles. The Morgan fingerprint density at radius 1 is 1.33 bits per heavy atom. The van der Waals surface area contributed by atoms with E-state index in [0.29, 0.717) is 6.17 Å². The molecular weight excluding hydrogens is 148 g/mol. The molecule has 0 radical (unpaired) electrons. The van der Waals surface area contributed by atoms with Crippen molar-refractivity contribution in [3.63, 3.8) is 0 Å². The summed E-state index contributed by atoms with van der Waals surface area (Å²) in [4.78, 5) is 4.60. The van der Waals surface area contributed by atoms with Crippen molar-refractivity contribution < 1.29 is 0 Å². The van der Waals surface area contributed by atoms with Crippen LogP contribution < -0.4 is 0 Å². The second-order valence-electron chi connectivity index (χ2n) is 2.95. The summed E-state index contributed by atoms with van der Waals surface area (Å²) in [5, 5.41) is 0. The van der Waals surface area contributed by atoms with Crippen LogP contribution in [0.2, 0.25) is 0 Å². The molecule has 0 spiro atoms. The highest BCUT2D eigenvalue weighted by Gasteiger charge is 2.20. The Balaban J connectivity index is 2.62. The average Bonchev–Trinajstić information content (AvgIpc) is 2.47. The van der Waals surface area contributed by atoms with Gasteiger partial charge in [-0.05, 0) is 20.3 Å². The molecule has 0 aromatic rings. The maximum Gasteiger partial charge on any atom is 0.104 e. The topological polar surface area (TPSA) is 6.48 Å². The normalized spacial score (nSPS) is 23.1. The van der Waals surface area contributed by atoms with Crippen molar-refractivity contribution in [2.24, 2.45) is 0 Å². The monoisotopic (exact) mass is 166 g/mol. The van der Waals surface area contributed by atoms with E-state index in [1.54, 1.807) is 0 Å². The molecule has 2 heteroatoms. The first-order valence-electron chi connectivity index (χ1n) is 4.67. The number of allylic oxidation sites excluding steroid dienone is 1. The lowest BCUT2D eigenvalue weighted by Crippen LogP contribution is -2.35. The molecule has 0 saturated carbocycles. The Hall–Kier alpha value is -0.920. The highest BCUT2D eigenvalue weighted by molar-refractivity contribution is 5.01. The summed E-state index contributed by atoms with van der Waals surface area (Å²) in [7, 11) is 0. The van der Waals surface area contributed by atoms with Crippen LogP contribution in [0.15, 0.2) is 24.7 Å². The third-order valence-corrected chi connectivity index (χ3v) is 2.21. The number of hydrogen-bond donors (Lipinski definition) is 0. The van der Waals surface area contributed by atoms with Crippen molar-refractivity contribution in [1.29, 1.82) is 0 Å². The molecule has 2 nitrogen and oxygen atoms in total. The first-order valence-corrected chi connectivity index (χ1v) is 4.67. The van der Waals surface area contributed by atoms with Gasteiger partial charge in [-0.1, -0.05) is 13.0 Å². The lowest BCUT2D eigenvalue weighted by atomic mass is 10.3. The molecule has 1 unspecified atom stereocenters. The van der Waals surface area contributed by atoms with Crippen molar-refractivity contribution in [1.82, 2.24) is 9.80 Å². The van der Waals surface area contributed by atoms with Gasteiger partial charge in [-0.15, -0.1) is 0 Å². The standard InChI is InChI=1S/C10H18N2/c1-4-7-12-9-8-11(6-3)10(12)5-2/h4,7-10H,5-6H2,1-3H3. The minimum atomic E-state index is 0.534. The maximum absolute atomic E-state index is 2.35. The zero-order valence-corrected chi connectivity index (χ0v) is 8.20. The van der Waals surface area contributed by atoms with E-state index in [9.17, 15) is 0 Å². The largest absolute Gasteiger partial charge is 0.356 e. The zero-order chi connectivity index (χ0) is 8.97. The second kappa shape index (κ2) is 4.19. The molecule has 0 N–H and O–H groups in total. The molecule has 1 rings (SSSR count). The Morgan fingerprint density at radius 2 is 2.08 bits per heavy atom. The fraction of sp³-hybridized carbons (Fsp3) is 0.600. The van der Waals surface area contributed by atoms with E-state index in [2.05, 4.69) is 55.2 Å². The summed E-state index contributed by atoms with van der Waals surface area (Å²) in [6, 6.07) is 0. The summed E-state index contributed by atoms with van der Waals surface area (Å²) >= 11 is 0. The van der Waals surface area contributed by atoms with E-state index in [-0.39, 0.29) is 0 Å². The fourth-order valence-electron chi connectivity index (χ4n) is 1.62. The van der Waals surface area contributed by atoms with Crippen molar-refractivity contribution in [3.8, 4) is 0 Å². The van der Waals surface area contributed by atoms with E-state index in [4.69, 9.17) is 0 Å². The number of nitrogens with zero attached hydrogens (tertiary/aromatic N) is 2. The molecule has 0 fully saturated rings. The first kappa shape index (κ1) is 9.17. The maximum atomic E-state index is 2.35. The van der Waals surface area contributed by atoms with Gasteiger partial charge < -0.3 is 9.80 Å². The van der Waals surface area contributed by atoms with E-state index in [1.165, 1.54) is 0 Å². The Morgan fingerprint density at radius 3 is 2.58 bits per heavy atom. The van der Waals surface area contributed by atoms with E-state index in [0.717, 1.165) is 13.0 Å². The van der Waals surface area contributed by atoms with Crippen LogP contribution in [-0.4, -0.2) is 22.5 Å². The van der Waals surface area contributed by atoms with Crippen molar-refractivity contribution >= 4 is 0 Å². The molecule has 0 aromatic carbocycles. The highest BCUT2D eigenvalue weighted by atomic mass is 15.4. The van der Waals surface area contributed by atoms with Crippen LogP contribution >= 0.6 is 0 Å². The number of rotatable bonds is 3. The van der Waals surface area contributed by atoms with Crippen molar-refractivity contribution in [2.45, 2.75) is 33.4 Å². The summed E-state index contributed by atoms with van der Waals surface area (Å²) in [6.07, 6.45) is 10.2. The van der Waals surface area contributed by atoms with Crippen LogP contribution in [0.1, 0.15) is 27.2 Å². The molecule has 1 heterocycles. The molecule has 68 valence electrons. The second-order valence-corrected chi connectivity index (χ2v) is 2.95. The third-order valence-electron chi connectivity index (χ3n) is 2.21. The van der Waals surface area contributed by atoms with Gasteiger partial charge in [0.2, 0.25) is 0 Å². The van der Waals surface area contributed by atoms with Gasteiger partial charge in [-0.25, -0.2) is 0 Å². The van der Waals surface area contributed by atoms with Crippen molar-refractivity contribution in [3.05, 3.63) is 24.7 Å². The van der Waals surface area contributed by atoms with Crippen LogP contribution in [0.4, 0.5) is 0 Å². The Labute approximate surface area is 75.2 Å². The number of hydrogen-bond acceptors (Lipinski definition) is 2. The Bertz CT molecular complexity index is 184. The minimum absolute atomic E-state index is 0.534. The van der Waals surface area contributed by atoms with Crippen LogP contribution in [0.3, 0.4) is 0 Å². The van der Waals surface area contributed by atoms with E-state index < -0.39 is 0 Å². The van der Waals surface area contributed by atoms with Gasteiger partial charge in [0.15, 0.2) is 0 Å². The minimum Gasteiger partial charge on any atom is -0.356 e. The molecule has 1 atom stereocenters. The van der Waals surface area contributed by atoms with E-state index >= 15 is 0 Å². The van der Waals surface area contributed by atoms with E-state index in [1.807, 2.05) is 0 Å². The lowest BCUT2D eigenvalue weighted by Gasteiger charge is -2.28. The molecule has 1 aliphatic heterocycles. The molecule has 12 heavy (non-hydrogen) atoms. The predicted octanol–water partition coefficient (Wildman–Crippen LogP) is 2.36. The Kier molecular flexibility index (Phi) is 3.20. The first-order chi connectivity index (χ1) is 5.83. The summed E-state index contributed by atoms with van der Waals surface area (Å²) in [5.74, 6) is 0. The molecule has 0 bridgehead atoms. The van der Waals surface area contributed by atoms with Crippen LogP contribution in [-0.2, 0) is 0 Å². The summed E-state index contributed by atoms with van der Waals surface area (Å²) in [6.45, 7) is 7.54. The van der Waals surface area contributed by atoms with Gasteiger partial charge in [0.05, 0.1) is 0 Å². The van der Waals surface area contributed by atoms with Crippen LogP contribution in [0.5, 0.6) is 0 Å². The average molecular weight is 166 g/mol. The van der Waals surface area contributed by atoms with Gasteiger partial charge in [0, 0.05) is 25.1 Å². The van der Waals surface area contributed by atoms with Gasteiger partial charge >= 0.3 is 0 Å². The van der Waals surface area contributed by atoms with Crippen LogP contribution in [0, 0.1) is 0 Å². The lowest BCUT2D eigenvalue weighted by molar-refractivity contribution is 0.194. The molecule has 0 amide bonds. The van der Waals surface area contributed by atoms with Crippen LogP contribution in [0.25, 0.3) is 0 Å². The summed E-state index contributed by atoms with van der Waals surface area (Å²) in [5.41, 5.74) is 0. The highest BCUT2D eigenvalue weighted by Crippen LogP contribution is 2.18. The molecule has 1 aliphatic rings. The SMILES string of the molecule is CC=CN1C=CN(CC)C1CC. The van der Waals surface area contributed by atoms with Crippen molar-refractivity contribution in [2.75, 3.05) is 6.54 Å². The van der Waals surface area contributed by atoms with Gasteiger partial charge in [-0.3, -0.25) is 0 Å². The smallest absolute Gasteiger partial charge is 0.104 e. The van der Waals surface area contributed by atoms with Gasteiger partial charge in [0.1, 0.15) is 6.17 Å². The molecular formula is C10H18N2.